The Labute approximate surface area is 150 Å². The number of hydrogen-bond acceptors (Lipinski definition) is 3. The van der Waals surface area contributed by atoms with Gasteiger partial charge in [0.05, 0.1) is 13.2 Å². The molecule has 26 heavy (non-hydrogen) atoms. The van der Waals surface area contributed by atoms with Gasteiger partial charge in [0.1, 0.15) is 17.4 Å². The predicted octanol–water partition coefficient (Wildman–Crippen LogP) is 3.36. The summed E-state index contributed by atoms with van der Waals surface area (Å²) >= 11 is 0. The van der Waals surface area contributed by atoms with Gasteiger partial charge in [0.25, 0.3) is 0 Å². The summed E-state index contributed by atoms with van der Waals surface area (Å²) in [7, 11) is 1.47. The maximum Gasteiger partial charge on any atom is 0.407 e. The van der Waals surface area contributed by atoms with E-state index >= 15 is 0 Å². The van der Waals surface area contributed by atoms with Crippen LogP contribution in [-0.4, -0.2) is 54.3 Å². The first-order chi connectivity index (χ1) is 12.5. The summed E-state index contributed by atoms with van der Waals surface area (Å²) in [5.41, 5.74) is 1.59. The van der Waals surface area contributed by atoms with Crippen LogP contribution in [0, 0.1) is 11.6 Å². The van der Waals surface area contributed by atoms with Gasteiger partial charge in [0.2, 0.25) is 0 Å². The number of amides is 1. The van der Waals surface area contributed by atoms with E-state index in [0.717, 1.165) is 11.1 Å². The third kappa shape index (κ3) is 3.77. The van der Waals surface area contributed by atoms with Crippen LogP contribution >= 0.6 is 0 Å². The number of carboxylic acid groups (broad SMARTS) is 1. The van der Waals surface area contributed by atoms with Crippen LogP contribution in [0.1, 0.15) is 17.2 Å². The molecule has 0 spiro atoms. The van der Waals surface area contributed by atoms with Gasteiger partial charge in [-0.3, -0.25) is 4.90 Å². The summed E-state index contributed by atoms with van der Waals surface area (Å²) in [6.07, 6.45) is -0.942. The van der Waals surface area contributed by atoms with Gasteiger partial charge in [0.15, 0.2) is 0 Å². The molecular weight excluding hydrogens is 342 g/mol. The maximum atomic E-state index is 13.6. The largest absolute Gasteiger partial charge is 0.496 e. The van der Waals surface area contributed by atoms with Gasteiger partial charge in [-0.25, -0.2) is 13.6 Å². The van der Waals surface area contributed by atoms with Crippen molar-refractivity contribution >= 4 is 6.09 Å². The van der Waals surface area contributed by atoms with Crippen molar-refractivity contribution in [2.75, 3.05) is 33.3 Å². The third-order valence-corrected chi connectivity index (χ3v) is 4.63. The molecule has 1 fully saturated rings. The lowest BCUT2D eigenvalue weighted by Gasteiger charge is -2.39. The summed E-state index contributed by atoms with van der Waals surface area (Å²) < 4.78 is 32.4. The van der Waals surface area contributed by atoms with Crippen molar-refractivity contribution in [1.82, 2.24) is 9.80 Å². The first-order valence-corrected chi connectivity index (χ1v) is 8.30. The molecule has 1 N–H and O–H groups in total. The average Bonchev–Trinajstić information content (AvgIpc) is 2.65. The van der Waals surface area contributed by atoms with E-state index in [-0.39, 0.29) is 11.9 Å². The van der Waals surface area contributed by atoms with E-state index in [0.29, 0.717) is 31.9 Å². The Hall–Kier alpha value is -2.67. The molecule has 1 aliphatic heterocycles. The Morgan fingerprint density at radius 3 is 2.23 bits per heavy atom. The van der Waals surface area contributed by atoms with Crippen LogP contribution in [-0.2, 0) is 0 Å². The van der Waals surface area contributed by atoms with Crippen molar-refractivity contribution in [3.8, 4) is 5.75 Å². The smallest absolute Gasteiger partial charge is 0.407 e. The maximum absolute atomic E-state index is 13.6. The molecule has 1 heterocycles. The third-order valence-electron chi connectivity index (χ3n) is 4.63. The lowest BCUT2D eigenvalue weighted by atomic mass is 9.95. The molecular formula is C19H20F2N2O3. The summed E-state index contributed by atoms with van der Waals surface area (Å²) in [5.74, 6) is -0.339. The second-order valence-corrected chi connectivity index (χ2v) is 6.15. The lowest BCUT2D eigenvalue weighted by molar-refractivity contribution is 0.0926. The van der Waals surface area contributed by atoms with Crippen molar-refractivity contribution in [1.29, 1.82) is 0 Å². The van der Waals surface area contributed by atoms with E-state index in [1.54, 1.807) is 18.2 Å². The zero-order chi connectivity index (χ0) is 18.7. The molecule has 2 aromatic rings. The molecule has 138 valence electrons. The number of nitrogens with zero attached hydrogens (tertiary/aromatic N) is 2. The van der Waals surface area contributed by atoms with E-state index in [1.165, 1.54) is 36.3 Å². The number of carbonyl (C=O) groups is 1. The molecule has 1 atom stereocenters. The van der Waals surface area contributed by atoms with E-state index in [1.807, 2.05) is 0 Å². The minimum atomic E-state index is -0.942. The standard InChI is InChI=1S/C19H20F2N2O3/c1-26-17-12-15(21)6-7-16(17)18(13-2-4-14(20)5-3-13)22-8-10-23(11-9-22)19(24)25/h2-7,12,18H,8-11H2,1H3,(H,24,25). The highest BCUT2D eigenvalue weighted by atomic mass is 19.1. The average molecular weight is 362 g/mol. The molecule has 0 aliphatic carbocycles. The second kappa shape index (κ2) is 7.70. The van der Waals surface area contributed by atoms with Gasteiger partial charge < -0.3 is 14.7 Å². The number of halogens is 2. The number of methoxy groups -OCH3 is 1. The van der Waals surface area contributed by atoms with Crippen LogP contribution in [0.25, 0.3) is 0 Å². The highest BCUT2D eigenvalue weighted by Crippen LogP contribution is 2.35. The first-order valence-electron chi connectivity index (χ1n) is 8.30. The molecule has 0 radical (unpaired) electrons. The molecule has 0 bridgehead atoms. The predicted molar refractivity (Wildman–Crippen MR) is 92.4 cm³/mol. The zero-order valence-corrected chi connectivity index (χ0v) is 14.4. The second-order valence-electron chi connectivity index (χ2n) is 6.15. The van der Waals surface area contributed by atoms with Crippen molar-refractivity contribution in [3.63, 3.8) is 0 Å². The quantitative estimate of drug-likeness (QED) is 0.906. The van der Waals surface area contributed by atoms with Gasteiger partial charge in [-0.1, -0.05) is 18.2 Å². The van der Waals surface area contributed by atoms with Crippen molar-refractivity contribution in [2.45, 2.75) is 6.04 Å². The Morgan fingerprint density at radius 2 is 1.65 bits per heavy atom. The summed E-state index contributed by atoms with van der Waals surface area (Å²) in [5, 5.41) is 9.14. The highest BCUT2D eigenvalue weighted by molar-refractivity contribution is 5.65. The molecule has 1 aliphatic rings. The monoisotopic (exact) mass is 362 g/mol. The summed E-state index contributed by atoms with van der Waals surface area (Å²) in [6.45, 7) is 1.76. The van der Waals surface area contributed by atoms with Crippen molar-refractivity contribution in [2.24, 2.45) is 0 Å². The van der Waals surface area contributed by atoms with Crippen LogP contribution in [0.3, 0.4) is 0 Å². The number of benzene rings is 2. The molecule has 3 rings (SSSR count). The van der Waals surface area contributed by atoms with Crippen LogP contribution in [0.2, 0.25) is 0 Å². The molecule has 5 nitrogen and oxygen atoms in total. The van der Waals surface area contributed by atoms with Crippen molar-refractivity contribution < 1.29 is 23.4 Å². The number of hydrogen-bond donors (Lipinski definition) is 1. The van der Waals surface area contributed by atoms with E-state index < -0.39 is 11.9 Å². The normalized spacial score (nSPS) is 16.3. The van der Waals surface area contributed by atoms with Crippen molar-refractivity contribution in [3.05, 3.63) is 65.2 Å². The Balaban J connectivity index is 1.98. The molecule has 1 amide bonds. The molecule has 7 heteroatoms. The van der Waals surface area contributed by atoms with Gasteiger partial charge in [-0.2, -0.15) is 0 Å². The van der Waals surface area contributed by atoms with Crippen LogP contribution in [0.4, 0.5) is 13.6 Å². The summed E-state index contributed by atoms with van der Waals surface area (Å²) in [6, 6.07) is 10.2. The van der Waals surface area contributed by atoms with Crippen LogP contribution < -0.4 is 4.74 Å². The van der Waals surface area contributed by atoms with Gasteiger partial charge >= 0.3 is 6.09 Å². The minimum absolute atomic E-state index is 0.290. The SMILES string of the molecule is COc1cc(F)ccc1C(c1ccc(F)cc1)N1CCN(C(=O)O)CC1. The van der Waals surface area contributed by atoms with E-state index in [9.17, 15) is 13.6 Å². The fourth-order valence-electron chi connectivity index (χ4n) is 3.31. The van der Waals surface area contributed by atoms with Gasteiger partial charge in [0, 0.05) is 37.8 Å². The van der Waals surface area contributed by atoms with Gasteiger partial charge in [-0.05, 0) is 23.8 Å². The summed E-state index contributed by atoms with van der Waals surface area (Å²) in [4.78, 5) is 14.6. The van der Waals surface area contributed by atoms with E-state index in [4.69, 9.17) is 9.84 Å². The zero-order valence-electron chi connectivity index (χ0n) is 14.4. The highest BCUT2D eigenvalue weighted by Gasteiger charge is 2.30. The fraction of sp³-hybridized carbons (Fsp3) is 0.316. The Morgan fingerprint density at radius 1 is 1.04 bits per heavy atom. The van der Waals surface area contributed by atoms with Gasteiger partial charge in [-0.15, -0.1) is 0 Å². The van der Waals surface area contributed by atoms with Crippen LogP contribution in [0.15, 0.2) is 42.5 Å². The van der Waals surface area contributed by atoms with E-state index in [2.05, 4.69) is 4.90 Å². The minimum Gasteiger partial charge on any atom is -0.496 e. The fourth-order valence-corrected chi connectivity index (χ4v) is 3.31. The number of ether oxygens (including phenoxy) is 1. The number of piperazine rings is 1. The molecule has 1 saturated heterocycles. The molecule has 1 unspecified atom stereocenters. The first kappa shape index (κ1) is 18.1. The Bertz CT molecular complexity index is 775. The Kier molecular flexibility index (Phi) is 5.37. The van der Waals surface area contributed by atoms with Crippen LogP contribution in [0.5, 0.6) is 5.75 Å². The molecule has 2 aromatic carbocycles. The topological polar surface area (TPSA) is 53.0 Å². The lowest BCUT2D eigenvalue weighted by Crippen LogP contribution is -2.49. The number of rotatable bonds is 4. The molecule has 0 aromatic heterocycles. The molecule has 0 saturated carbocycles.